The molecule has 0 aliphatic carbocycles. The van der Waals surface area contributed by atoms with E-state index in [-0.39, 0.29) is 0 Å². The zero-order valence-electron chi connectivity index (χ0n) is 57.9. The van der Waals surface area contributed by atoms with Gasteiger partial charge >= 0.3 is 28.6 Å². The number of aromatic nitrogens is 22. The Kier molecular flexibility index (Phi) is 11.5. The topological polar surface area (TPSA) is 185 Å². The lowest BCUT2D eigenvalue weighted by Crippen LogP contribution is -2.31. The maximum Gasteiger partial charge on any atom is 0.392 e. The van der Waals surface area contributed by atoms with Crippen molar-refractivity contribution in [2.45, 2.75) is 32.7 Å². The lowest BCUT2D eigenvalue weighted by atomic mass is 10.1. The predicted molar refractivity (Wildman–Crippen MR) is 386 cm³/mol. The van der Waals surface area contributed by atoms with Crippen LogP contribution in [0.5, 0.6) is 0 Å². The second-order valence-electron chi connectivity index (χ2n) is 25.9. The third-order valence-corrected chi connectivity index (χ3v) is 21.5. The fourth-order valence-electron chi connectivity index (χ4n) is 15.8. The van der Waals surface area contributed by atoms with Gasteiger partial charge in [0.2, 0.25) is 23.0 Å². The lowest BCUT2D eigenvalue weighted by molar-refractivity contribution is -0.651. The lowest BCUT2D eigenvalue weighted by Gasteiger charge is -2.04. The zero-order valence-corrected chi connectivity index (χ0v) is 55.7. The summed E-state index contributed by atoms with van der Waals surface area (Å²) in [6.45, 7) is 1.82. The van der Waals surface area contributed by atoms with Gasteiger partial charge in [0.05, 0.1) is 83.5 Å². The molecular formula is C79H57N22OS+5. The van der Waals surface area contributed by atoms with E-state index in [1.54, 1.807) is 41.5 Å². The van der Waals surface area contributed by atoms with Gasteiger partial charge in [-0.25, -0.2) is 55.7 Å². The predicted octanol–water partition coefficient (Wildman–Crippen LogP) is 10.7. The molecule has 0 fully saturated rings. The Morgan fingerprint density at radius 2 is 0.951 bits per heavy atom. The molecular weight excluding hydrogens is 1310 g/mol. The van der Waals surface area contributed by atoms with E-state index in [2.05, 4.69) is 200 Å². The molecule has 15 aromatic heterocycles. The summed E-state index contributed by atoms with van der Waals surface area (Å²) < 4.78 is 58.0. The van der Waals surface area contributed by atoms with E-state index < -0.39 is 6.98 Å². The molecule has 0 spiro atoms. The van der Waals surface area contributed by atoms with E-state index in [9.17, 15) is 0 Å². The molecule has 0 atom stereocenters. The average molecular weight is 1370 g/mol. The van der Waals surface area contributed by atoms with Crippen LogP contribution in [0.2, 0.25) is 0 Å². The molecule has 0 amide bonds. The maximum absolute atomic E-state index is 8.02. The first-order valence-corrected chi connectivity index (χ1v) is 34.6. The fourth-order valence-corrected chi connectivity index (χ4v) is 17.1. The Morgan fingerprint density at radius 3 is 1.61 bits per heavy atom. The number of hydrogen-bond acceptors (Lipinski definition) is 11. The molecule has 26 rings (SSSR count). The first kappa shape index (κ1) is 54.2. The van der Waals surface area contributed by atoms with Crippen LogP contribution in [0, 0.1) is 0 Å². The molecule has 5 aliphatic rings. The summed E-state index contributed by atoms with van der Waals surface area (Å²) in [5, 5.41) is 5.74. The van der Waals surface area contributed by atoms with Crippen LogP contribution in [-0.4, -0.2) is 80.8 Å². The summed E-state index contributed by atoms with van der Waals surface area (Å²) in [5.41, 5.74) is 23.0. The van der Waals surface area contributed by atoms with Crippen LogP contribution in [0.4, 0.5) is 0 Å². The van der Waals surface area contributed by atoms with Crippen molar-refractivity contribution < 1.29 is 31.4 Å². The molecule has 23 nitrogen and oxygen atoms in total. The van der Waals surface area contributed by atoms with E-state index >= 15 is 0 Å². The van der Waals surface area contributed by atoms with Gasteiger partial charge in [0.25, 0.3) is 50.7 Å². The molecule has 5 aliphatic heterocycles. The molecule has 490 valence electrons. The Hall–Kier alpha value is -13.7. The number of para-hydroxylation sites is 1. The van der Waals surface area contributed by atoms with Gasteiger partial charge in [-0.2, -0.15) is 38.0 Å². The monoisotopic (exact) mass is 1360 g/mol. The molecule has 103 heavy (non-hydrogen) atoms. The third kappa shape index (κ3) is 8.36. The summed E-state index contributed by atoms with van der Waals surface area (Å²) in [5.74, 6) is 6.60. The number of benzene rings is 6. The molecule has 0 unspecified atom stereocenters. The number of aryl methyl sites for hydroxylation is 2. The van der Waals surface area contributed by atoms with Gasteiger partial charge in [0.1, 0.15) is 23.1 Å². The molecule has 24 heteroatoms. The zero-order chi connectivity index (χ0) is 70.2. The second-order valence-corrected chi connectivity index (χ2v) is 26.9. The number of thiazole rings is 1. The van der Waals surface area contributed by atoms with Crippen LogP contribution in [0.3, 0.4) is 0 Å². The summed E-state index contributed by atoms with van der Waals surface area (Å²) in [6.07, 6.45) is 18.7. The summed E-state index contributed by atoms with van der Waals surface area (Å²) >= 11 is 1.87. The first-order chi connectivity index (χ1) is 52.1. The van der Waals surface area contributed by atoms with Gasteiger partial charge < -0.3 is 4.42 Å². The highest BCUT2D eigenvalue weighted by Crippen LogP contribution is 2.40. The maximum atomic E-state index is 8.02. The van der Waals surface area contributed by atoms with Gasteiger partial charge in [0.15, 0.2) is 6.54 Å². The average Bonchev–Trinajstić information content (AvgIpc) is 1.55. The van der Waals surface area contributed by atoms with Gasteiger partial charge in [-0.3, -0.25) is 0 Å². The normalized spacial score (nSPS) is 13.5. The van der Waals surface area contributed by atoms with E-state index in [1.165, 1.54) is 75.9 Å². The van der Waals surface area contributed by atoms with Crippen LogP contribution in [-0.2, 0) is 46.7 Å². The minimum absolute atomic E-state index is 0.502. The van der Waals surface area contributed by atoms with Crippen molar-refractivity contribution in [3.8, 4) is 61.9 Å². The smallest absolute Gasteiger partial charge is 0.392 e. The molecule has 21 aromatic rings. The van der Waals surface area contributed by atoms with Gasteiger partial charge in [-0.05, 0) is 78.9 Å². The summed E-state index contributed by atoms with van der Waals surface area (Å²) in [7, 11) is 2.09. The van der Waals surface area contributed by atoms with E-state index in [0.29, 0.717) is 35.2 Å². The van der Waals surface area contributed by atoms with Crippen LogP contribution >= 0.6 is 11.3 Å². The summed E-state index contributed by atoms with van der Waals surface area (Å²) in [6, 6.07) is 64.1. The van der Waals surface area contributed by atoms with Crippen molar-refractivity contribution in [1.29, 1.82) is 0 Å². The minimum Gasteiger partial charge on any atom is -0.396 e. The molecule has 20 heterocycles. The van der Waals surface area contributed by atoms with E-state index in [1.807, 2.05) is 121 Å². The van der Waals surface area contributed by atoms with Crippen molar-refractivity contribution in [2.75, 3.05) is 0 Å². The minimum atomic E-state index is -2.30. The number of imidazole rings is 7. The third-order valence-electron chi connectivity index (χ3n) is 20.3. The Bertz CT molecular complexity index is 7080. The van der Waals surface area contributed by atoms with Gasteiger partial charge in [0, 0.05) is 76.2 Å². The highest BCUT2D eigenvalue weighted by atomic mass is 32.1. The Balaban J connectivity index is 0.0000000830. The van der Waals surface area contributed by atoms with Crippen molar-refractivity contribution in [3.63, 3.8) is 0 Å². The molecule has 0 saturated carbocycles. The number of oxazole rings is 1. The Labute approximate surface area is 591 Å². The molecule has 0 saturated heterocycles. The van der Waals surface area contributed by atoms with Crippen molar-refractivity contribution >= 4 is 95.4 Å². The van der Waals surface area contributed by atoms with E-state index in [4.69, 9.17) is 13.5 Å². The quantitative estimate of drug-likeness (QED) is 0.143. The second kappa shape index (κ2) is 21.9. The van der Waals surface area contributed by atoms with Crippen molar-refractivity contribution in [2.24, 2.45) is 14.0 Å². The highest BCUT2D eigenvalue weighted by molar-refractivity contribution is 7.22. The van der Waals surface area contributed by atoms with Crippen LogP contribution < -0.4 is 22.8 Å². The SMILES string of the molecule is C[n+]1c2n(c3nc4ncccn4c31)Cc1ccccc1-2.[2H]C([2H])([2H])[n+]1c2n(c3nc4ncccn4c31)Cc1ccccc1-2.c1ccc(-n2c3[n+](c4nc5ncccn5c42)Cc2ccccc2-3)cc1.c1ccc2c(c1)C[n+]1c-2oc2c1nc1ncccn12.c1ccc2c(c1)C[n+]1c-2sc2c3cccnn3cc21. The van der Waals surface area contributed by atoms with Crippen molar-refractivity contribution in [1.82, 2.24) is 80.8 Å². The van der Waals surface area contributed by atoms with Crippen LogP contribution in [0.15, 0.2) is 254 Å². The standard InChI is InChI=1S/C20H14N5.2C15H12N5.C15H10N3S.C14H9N4O/c1-2-8-15(9-3-1)25-18-16-10-5-4-7-14(16)13-24(18)17-19(25)23-12-6-11-21-20(23)22-17;2*1-18-13-11-6-3-2-5-10(11)9-20(13)12-14(18)19-8-4-7-16-15(19)17-12;1-2-5-11-10(4-1)8-17-13-9-18-12(6-3-7-16-18)14(13)19-15(11)17;1-2-5-10-9(4-1)8-18-11-13(19-12(10)18)17-7-3-6-15-14(17)16-11/h1-12H,13H2;2*2-8H,9H2,1H3;1-7,9H,8H2;1-7H,8H2/q5*+1/i;1D3;;;. The first-order valence-electron chi connectivity index (χ1n) is 35.3. The summed E-state index contributed by atoms with van der Waals surface area (Å²) in [4.78, 5) is 35.8. The van der Waals surface area contributed by atoms with Crippen LogP contribution in [0.25, 0.3) is 146 Å². The fraction of sp³-hybridized carbons (Fsp3) is 0.0886. The van der Waals surface area contributed by atoms with Gasteiger partial charge in [-0.15, -0.1) is 0 Å². The van der Waals surface area contributed by atoms with E-state index in [0.717, 1.165) is 100.0 Å². The highest BCUT2D eigenvalue weighted by Gasteiger charge is 2.40. The molecule has 0 bridgehead atoms. The Morgan fingerprint density at radius 1 is 0.447 bits per heavy atom. The molecule has 6 aromatic carbocycles. The molecule has 0 N–H and O–H groups in total. The number of nitrogens with zero attached hydrogens (tertiary/aromatic N) is 22. The van der Waals surface area contributed by atoms with Crippen LogP contribution in [0.1, 0.15) is 31.9 Å². The number of hydrogen-bond donors (Lipinski definition) is 0. The largest absolute Gasteiger partial charge is 0.396 e. The molecule has 0 radical (unpaired) electrons. The number of fused-ring (bicyclic) bond motifs is 35. The van der Waals surface area contributed by atoms with Crippen molar-refractivity contribution in [3.05, 3.63) is 278 Å². The number of rotatable bonds is 1. The van der Waals surface area contributed by atoms with Gasteiger partial charge in [-0.1, -0.05) is 126 Å².